The first-order valence-corrected chi connectivity index (χ1v) is 9.87. The molecule has 1 saturated heterocycles. The van der Waals surface area contributed by atoms with Crippen LogP contribution in [0.25, 0.3) is 5.69 Å². The second-order valence-corrected chi connectivity index (χ2v) is 7.30. The van der Waals surface area contributed by atoms with E-state index in [9.17, 15) is 4.79 Å². The number of nitrogens with one attached hydrogen (secondary N) is 1. The molecule has 3 aromatic rings. The van der Waals surface area contributed by atoms with E-state index in [1.807, 2.05) is 72.0 Å². The second kappa shape index (κ2) is 8.09. The standard InChI is InChI=1S/C23H26N4O2/c1-16-8-4-6-10-20(16)27-17(2)19(14-25-27)23(28)26-13-12-24-15-21(26)18-9-5-7-11-22(18)29-3/h4-11,14,21,24H,12-13,15H2,1-3H3. The Morgan fingerprint density at radius 2 is 1.90 bits per heavy atom. The number of amides is 1. The number of nitrogens with zero attached hydrogens (tertiary/aromatic N) is 3. The molecule has 2 heterocycles. The molecule has 1 atom stereocenters. The van der Waals surface area contributed by atoms with Crippen LogP contribution in [0.15, 0.2) is 54.7 Å². The first kappa shape index (κ1) is 19.2. The average Bonchev–Trinajstić information content (AvgIpc) is 3.14. The number of carbonyl (C=O) groups excluding carboxylic acids is 1. The maximum atomic E-state index is 13.5. The van der Waals surface area contributed by atoms with E-state index in [4.69, 9.17) is 4.74 Å². The van der Waals surface area contributed by atoms with Crippen LogP contribution in [-0.4, -0.2) is 47.3 Å². The molecule has 1 N–H and O–H groups in total. The average molecular weight is 390 g/mol. The van der Waals surface area contributed by atoms with E-state index in [-0.39, 0.29) is 11.9 Å². The highest BCUT2D eigenvalue weighted by Gasteiger charge is 2.32. The predicted molar refractivity (Wildman–Crippen MR) is 113 cm³/mol. The lowest BCUT2D eigenvalue weighted by Gasteiger charge is -2.37. The molecule has 1 unspecified atom stereocenters. The molecule has 4 rings (SSSR count). The van der Waals surface area contributed by atoms with Crippen LogP contribution in [0.3, 0.4) is 0 Å². The zero-order valence-corrected chi connectivity index (χ0v) is 17.1. The van der Waals surface area contributed by atoms with Crippen LogP contribution < -0.4 is 10.1 Å². The SMILES string of the molecule is COc1ccccc1C1CNCCN1C(=O)c1cnn(-c2ccccc2C)c1C. The summed E-state index contributed by atoms with van der Waals surface area (Å²) in [6.45, 7) is 6.09. The molecule has 6 heteroatoms. The van der Waals surface area contributed by atoms with Crippen LogP contribution in [-0.2, 0) is 0 Å². The summed E-state index contributed by atoms with van der Waals surface area (Å²) in [5.41, 5.74) is 4.61. The van der Waals surface area contributed by atoms with Crippen LogP contribution in [0.2, 0.25) is 0 Å². The van der Waals surface area contributed by atoms with Crippen molar-refractivity contribution in [3.05, 3.63) is 77.1 Å². The molecule has 150 valence electrons. The molecule has 0 radical (unpaired) electrons. The number of hydrogen-bond donors (Lipinski definition) is 1. The highest BCUT2D eigenvalue weighted by molar-refractivity contribution is 5.95. The van der Waals surface area contributed by atoms with Gasteiger partial charge in [0.1, 0.15) is 5.75 Å². The van der Waals surface area contributed by atoms with Gasteiger partial charge < -0.3 is 15.0 Å². The molecule has 0 saturated carbocycles. The highest BCUT2D eigenvalue weighted by Crippen LogP contribution is 2.31. The largest absolute Gasteiger partial charge is 0.496 e. The van der Waals surface area contributed by atoms with E-state index < -0.39 is 0 Å². The molecule has 1 fully saturated rings. The van der Waals surface area contributed by atoms with Crippen molar-refractivity contribution in [3.63, 3.8) is 0 Å². The van der Waals surface area contributed by atoms with E-state index in [2.05, 4.69) is 10.4 Å². The fourth-order valence-electron chi connectivity index (χ4n) is 3.99. The Balaban J connectivity index is 1.69. The summed E-state index contributed by atoms with van der Waals surface area (Å²) in [5.74, 6) is 0.797. The zero-order valence-electron chi connectivity index (χ0n) is 17.1. The summed E-state index contributed by atoms with van der Waals surface area (Å²) in [6.07, 6.45) is 1.69. The molecule has 1 aliphatic rings. The Morgan fingerprint density at radius 1 is 1.14 bits per heavy atom. The Morgan fingerprint density at radius 3 is 2.69 bits per heavy atom. The van der Waals surface area contributed by atoms with Gasteiger partial charge in [-0.05, 0) is 31.5 Å². The lowest BCUT2D eigenvalue weighted by atomic mass is 10.0. The summed E-state index contributed by atoms with van der Waals surface area (Å²) in [5, 5.41) is 7.93. The first-order chi connectivity index (χ1) is 14.1. The summed E-state index contributed by atoms with van der Waals surface area (Å²) >= 11 is 0. The third-order valence-corrected chi connectivity index (χ3v) is 5.59. The van der Waals surface area contributed by atoms with Crippen LogP contribution in [0.4, 0.5) is 0 Å². The third kappa shape index (κ3) is 3.51. The Labute approximate surface area is 171 Å². The predicted octanol–water partition coefficient (Wildman–Crippen LogP) is 3.28. The van der Waals surface area contributed by atoms with Gasteiger partial charge in [0.05, 0.1) is 36.3 Å². The van der Waals surface area contributed by atoms with Crippen LogP contribution in [0.5, 0.6) is 5.75 Å². The molecule has 1 aromatic heterocycles. The number of aryl methyl sites for hydroxylation is 1. The van der Waals surface area contributed by atoms with Crippen molar-refractivity contribution in [3.8, 4) is 11.4 Å². The van der Waals surface area contributed by atoms with E-state index in [0.717, 1.165) is 34.8 Å². The van der Waals surface area contributed by atoms with Crippen LogP contribution >= 0.6 is 0 Å². The van der Waals surface area contributed by atoms with Crippen molar-refractivity contribution >= 4 is 5.91 Å². The number of ether oxygens (including phenoxy) is 1. The summed E-state index contributed by atoms with van der Waals surface area (Å²) in [6, 6.07) is 15.9. The smallest absolute Gasteiger partial charge is 0.257 e. The number of rotatable bonds is 4. The molecule has 0 aliphatic carbocycles. The Hall–Kier alpha value is -3.12. The van der Waals surface area contributed by atoms with Crippen molar-refractivity contribution in [2.45, 2.75) is 19.9 Å². The molecule has 0 spiro atoms. The molecule has 0 bridgehead atoms. The quantitative estimate of drug-likeness (QED) is 0.743. The van der Waals surface area contributed by atoms with Gasteiger partial charge in [0.2, 0.25) is 0 Å². The number of hydrogen-bond acceptors (Lipinski definition) is 4. The first-order valence-electron chi connectivity index (χ1n) is 9.87. The van der Waals surface area contributed by atoms with E-state index >= 15 is 0 Å². The second-order valence-electron chi connectivity index (χ2n) is 7.30. The van der Waals surface area contributed by atoms with Gasteiger partial charge in [-0.25, -0.2) is 4.68 Å². The Bertz CT molecular complexity index is 1030. The van der Waals surface area contributed by atoms with Gasteiger partial charge in [-0.1, -0.05) is 36.4 Å². The van der Waals surface area contributed by atoms with Gasteiger partial charge in [0.25, 0.3) is 5.91 Å². The van der Waals surface area contributed by atoms with Crippen molar-refractivity contribution in [1.82, 2.24) is 20.0 Å². The minimum absolute atomic E-state index is 0.000240. The van der Waals surface area contributed by atoms with Crippen LogP contribution in [0.1, 0.15) is 33.2 Å². The summed E-state index contributed by atoms with van der Waals surface area (Å²) < 4.78 is 7.40. The zero-order chi connectivity index (χ0) is 20.4. The summed E-state index contributed by atoms with van der Waals surface area (Å²) in [4.78, 5) is 15.5. The van der Waals surface area contributed by atoms with Crippen molar-refractivity contribution in [2.75, 3.05) is 26.7 Å². The minimum Gasteiger partial charge on any atom is -0.496 e. The van der Waals surface area contributed by atoms with E-state index in [1.54, 1.807) is 13.3 Å². The molecule has 6 nitrogen and oxygen atoms in total. The van der Waals surface area contributed by atoms with Crippen molar-refractivity contribution < 1.29 is 9.53 Å². The maximum absolute atomic E-state index is 13.5. The van der Waals surface area contributed by atoms with Gasteiger partial charge in [-0.3, -0.25) is 4.79 Å². The minimum atomic E-state index is -0.0892. The number of piperazine rings is 1. The topological polar surface area (TPSA) is 59.4 Å². The van der Waals surface area contributed by atoms with E-state index in [0.29, 0.717) is 18.7 Å². The lowest BCUT2D eigenvalue weighted by Crippen LogP contribution is -2.48. The van der Waals surface area contributed by atoms with Gasteiger partial charge in [0.15, 0.2) is 0 Å². The van der Waals surface area contributed by atoms with Gasteiger partial charge in [-0.2, -0.15) is 5.10 Å². The molecule has 2 aromatic carbocycles. The van der Waals surface area contributed by atoms with Gasteiger partial charge in [-0.15, -0.1) is 0 Å². The number of carbonyl (C=O) groups is 1. The fourth-order valence-corrected chi connectivity index (χ4v) is 3.99. The number of aromatic nitrogens is 2. The van der Waals surface area contributed by atoms with Gasteiger partial charge >= 0.3 is 0 Å². The molecular weight excluding hydrogens is 364 g/mol. The molecule has 1 amide bonds. The third-order valence-electron chi connectivity index (χ3n) is 5.59. The fraction of sp³-hybridized carbons (Fsp3) is 0.304. The maximum Gasteiger partial charge on any atom is 0.257 e. The summed E-state index contributed by atoms with van der Waals surface area (Å²) in [7, 11) is 1.66. The molecular formula is C23H26N4O2. The monoisotopic (exact) mass is 390 g/mol. The molecule has 1 aliphatic heterocycles. The van der Waals surface area contributed by atoms with Crippen molar-refractivity contribution in [2.24, 2.45) is 0 Å². The van der Waals surface area contributed by atoms with E-state index in [1.165, 1.54) is 0 Å². The number of methoxy groups -OCH3 is 1. The number of para-hydroxylation sites is 2. The Kier molecular flexibility index (Phi) is 5.36. The normalized spacial score (nSPS) is 16.7. The molecule has 29 heavy (non-hydrogen) atoms. The van der Waals surface area contributed by atoms with Crippen LogP contribution in [0, 0.1) is 13.8 Å². The van der Waals surface area contributed by atoms with Crippen molar-refractivity contribution in [1.29, 1.82) is 0 Å². The van der Waals surface area contributed by atoms with Gasteiger partial charge in [0, 0.05) is 25.2 Å². The number of benzene rings is 2. The lowest BCUT2D eigenvalue weighted by molar-refractivity contribution is 0.0631. The highest BCUT2D eigenvalue weighted by atomic mass is 16.5.